The van der Waals surface area contributed by atoms with Crippen LogP contribution in [-0.4, -0.2) is 33.9 Å². The van der Waals surface area contributed by atoms with E-state index in [1.807, 2.05) is 24.3 Å². The van der Waals surface area contributed by atoms with Gasteiger partial charge in [-0.05, 0) is 24.8 Å². The average Bonchev–Trinajstić information content (AvgIpc) is 2.76. The van der Waals surface area contributed by atoms with Crippen molar-refractivity contribution in [2.24, 2.45) is 5.92 Å². The molecule has 1 aromatic carbocycles. The number of hydrogen-bond acceptors (Lipinski definition) is 3. The predicted molar refractivity (Wildman–Crippen MR) is 67.2 cm³/mol. The topological polar surface area (TPSA) is 78.0 Å². The van der Waals surface area contributed by atoms with E-state index < -0.39 is 0 Å². The number of rotatable bonds is 3. The molecular formula is C13H15N3O2. The van der Waals surface area contributed by atoms with Crippen LogP contribution in [0.5, 0.6) is 0 Å². The second-order valence-electron chi connectivity index (χ2n) is 4.82. The first-order valence-electron chi connectivity index (χ1n) is 6.13. The summed E-state index contributed by atoms with van der Waals surface area (Å²) in [5.74, 6) is 0.239. The zero-order chi connectivity index (χ0) is 12.5. The van der Waals surface area contributed by atoms with Gasteiger partial charge in [-0.3, -0.25) is 9.89 Å². The van der Waals surface area contributed by atoms with Gasteiger partial charge in [0, 0.05) is 11.9 Å². The average molecular weight is 245 g/mol. The Hall–Kier alpha value is -1.88. The van der Waals surface area contributed by atoms with Crippen molar-refractivity contribution in [3.8, 4) is 0 Å². The first kappa shape index (κ1) is 11.2. The molecule has 3 N–H and O–H groups in total. The molecule has 0 unspecified atom stereocenters. The predicted octanol–water partition coefficient (Wildman–Crippen LogP) is 1.06. The molecule has 0 bridgehead atoms. The number of amides is 1. The number of fused-ring (bicyclic) bond motifs is 1. The fraction of sp³-hybridized carbons (Fsp3) is 0.385. The van der Waals surface area contributed by atoms with Crippen LogP contribution in [0.15, 0.2) is 24.3 Å². The second kappa shape index (κ2) is 4.42. The van der Waals surface area contributed by atoms with Crippen LogP contribution in [0.3, 0.4) is 0 Å². The Morgan fingerprint density at radius 3 is 3.00 bits per heavy atom. The lowest BCUT2D eigenvalue weighted by molar-refractivity contribution is 0.0420. The minimum atomic E-state index is -0.182. The number of H-pyrrole nitrogens is 1. The highest BCUT2D eigenvalue weighted by atomic mass is 16.3. The summed E-state index contributed by atoms with van der Waals surface area (Å²) in [6, 6.07) is 7.55. The van der Waals surface area contributed by atoms with E-state index in [-0.39, 0.29) is 12.0 Å². The molecule has 3 rings (SSSR count). The molecule has 0 radical (unpaired) electrons. The zero-order valence-electron chi connectivity index (χ0n) is 9.89. The number of aliphatic hydroxyl groups is 1. The summed E-state index contributed by atoms with van der Waals surface area (Å²) < 4.78 is 0. The van der Waals surface area contributed by atoms with Crippen molar-refractivity contribution in [3.63, 3.8) is 0 Å². The molecule has 1 amide bonds. The van der Waals surface area contributed by atoms with Crippen LogP contribution in [0.25, 0.3) is 10.9 Å². The molecule has 1 heterocycles. The van der Waals surface area contributed by atoms with E-state index in [0.717, 1.165) is 23.7 Å². The van der Waals surface area contributed by atoms with Crippen molar-refractivity contribution in [1.29, 1.82) is 0 Å². The maximum absolute atomic E-state index is 12.0. The third-order valence-electron chi connectivity index (χ3n) is 3.45. The Kier molecular flexibility index (Phi) is 2.76. The Morgan fingerprint density at radius 2 is 2.22 bits per heavy atom. The zero-order valence-corrected chi connectivity index (χ0v) is 9.89. The third-order valence-corrected chi connectivity index (χ3v) is 3.45. The summed E-state index contributed by atoms with van der Waals surface area (Å²) in [7, 11) is 0. The molecule has 2 aromatic rings. The molecule has 94 valence electrons. The number of aromatic amines is 1. The maximum Gasteiger partial charge on any atom is 0.272 e. The molecule has 1 aliphatic rings. The van der Waals surface area contributed by atoms with Crippen LogP contribution >= 0.6 is 0 Å². The SMILES string of the molecule is O=C(NCC1CC(O)C1)c1n[nH]c2ccccc12. The van der Waals surface area contributed by atoms with Gasteiger partial charge in [-0.25, -0.2) is 0 Å². The first-order chi connectivity index (χ1) is 8.74. The van der Waals surface area contributed by atoms with Crippen molar-refractivity contribution >= 4 is 16.8 Å². The van der Waals surface area contributed by atoms with Crippen molar-refractivity contribution < 1.29 is 9.90 Å². The van der Waals surface area contributed by atoms with Gasteiger partial charge in [0.1, 0.15) is 0 Å². The number of nitrogens with zero attached hydrogens (tertiary/aromatic N) is 1. The molecule has 0 atom stereocenters. The minimum Gasteiger partial charge on any atom is -0.393 e. The fourth-order valence-electron chi connectivity index (χ4n) is 2.32. The van der Waals surface area contributed by atoms with Crippen LogP contribution in [0.2, 0.25) is 0 Å². The van der Waals surface area contributed by atoms with E-state index >= 15 is 0 Å². The molecule has 5 heteroatoms. The Morgan fingerprint density at radius 1 is 1.44 bits per heavy atom. The van der Waals surface area contributed by atoms with Crippen molar-refractivity contribution in [1.82, 2.24) is 15.5 Å². The lowest BCUT2D eigenvalue weighted by Crippen LogP contribution is -2.38. The second-order valence-corrected chi connectivity index (χ2v) is 4.82. The van der Waals surface area contributed by atoms with E-state index in [4.69, 9.17) is 0 Å². The van der Waals surface area contributed by atoms with E-state index in [1.54, 1.807) is 0 Å². The van der Waals surface area contributed by atoms with Gasteiger partial charge in [0.05, 0.1) is 11.6 Å². The van der Waals surface area contributed by atoms with Gasteiger partial charge in [-0.1, -0.05) is 18.2 Å². The smallest absolute Gasteiger partial charge is 0.272 e. The van der Waals surface area contributed by atoms with E-state index in [9.17, 15) is 9.90 Å². The Bertz CT molecular complexity index is 572. The number of aromatic nitrogens is 2. The summed E-state index contributed by atoms with van der Waals surface area (Å²) in [5, 5.41) is 19.8. The summed E-state index contributed by atoms with van der Waals surface area (Å²) in [4.78, 5) is 12.0. The van der Waals surface area contributed by atoms with Gasteiger partial charge < -0.3 is 10.4 Å². The molecule has 5 nitrogen and oxygen atoms in total. The third kappa shape index (κ3) is 1.97. The number of aliphatic hydroxyl groups excluding tert-OH is 1. The number of benzene rings is 1. The Labute approximate surface area is 104 Å². The van der Waals surface area contributed by atoms with Gasteiger partial charge >= 0.3 is 0 Å². The lowest BCUT2D eigenvalue weighted by atomic mass is 9.82. The Balaban J connectivity index is 1.68. The molecule has 1 saturated carbocycles. The van der Waals surface area contributed by atoms with Crippen LogP contribution in [0.1, 0.15) is 23.3 Å². The van der Waals surface area contributed by atoms with Gasteiger partial charge in [-0.15, -0.1) is 0 Å². The minimum absolute atomic E-state index is 0.158. The van der Waals surface area contributed by atoms with E-state index in [0.29, 0.717) is 18.2 Å². The first-order valence-corrected chi connectivity index (χ1v) is 6.13. The number of nitrogens with one attached hydrogen (secondary N) is 2. The molecular weight excluding hydrogens is 230 g/mol. The maximum atomic E-state index is 12.0. The van der Waals surface area contributed by atoms with Crippen LogP contribution in [-0.2, 0) is 0 Å². The van der Waals surface area contributed by atoms with Crippen molar-refractivity contribution in [2.45, 2.75) is 18.9 Å². The van der Waals surface area contributed by atoms with Crippen LogP contribution < -0.4 is 5.32 Å². The summed E-state index contributed by atoms with van der Waals surface area (Å²) >= 11 is 0. The summed E-state index contributed by atoms with van der Waals surface area (Å²) in [6.45, 7) is 0.608. The van der Waals surface area contributed by atoms with Gasteiger partial charge in [0.25, 0.3) is 5.91 Å². The number of hydrogen-bond donors (Lipinski definition) is 3. The molecule has 0 spiro atoms. The molecule has 1 aromatic heterocycles. The number of carbonyl (C=O) groups excluding carboxylic acids is 1. The molecule has 0 saturated heterocycles. The molecule has 18 heavy (non-hydrogen) atoms. The quantitative estimate of drug-likeness (QED) is 0.756. The fourth-order valence-corrected chi connectivity index (χ4v) is 2.32. The lowest BCUT2D eigenvalue weighted by Gasteiger charge is -2.31. The monoisotopic (exact) mass is 245 g/mol. The van der Waals surface area contributed by atoms with Gasteiger partial charge in [0.15, 0.2) is 5.69 Å². The molecule has 0 aliphatic heterocycles. The normalized spacial score (nSPS) is 22.7. The highest BCUT2D eigenvalue weighted by molar-refractivity contribution is 6.04. The number of carbonyl (C=O) groups is 1. The summed E-state index contributed by atoms with van der Waals surface area (Å²) in [5.41, 5.74) is 1.30. The van der Waals surface area contributed by atoms with Crippen molar-refractivity contribution in [2.75, 3.05) is 6.54 Å². The standard InChI is InChI=1S/C13H15N3O2/c17-9-5-8(6-9)7-14-13(18)12-10-3-1-2-4-11(10)15-16-12/h1-4,8-9,17H,5-7H2,(H,14,18)(H,15,16). The van der Waals surface area contributed by atoms with E-state index in [2.05, 4.69) is 15.5 Å². The highest BCUT2D eigenvalue weighted by Crippen LogP contribution is 2.26. The molecule has 1 aliphatic carbocycles. The van der Waals surface area contributed by atoms with Crippen LogP contribution in [0.4, 0.5) is 0 Å². The largest absolute Gasteiger partial charge is 0.393 e. The van der Waals surface area contributed by atoms with Gasteiger partial charge in [-0.2, -0.15) is 5.10 Å². The highest BCUT2D eigenvalue weighted by Gasteiger charge is 2.27. The van der Waals surface area contributed by atoms with Gasteiger partial charge in [0.2, 0.25) is 0 Å². The number of para-hydroxylation sites is 1. The van der Waals surface area contributed by atoms with Crippen LogP contribution in [0, 0.1) is 5.92 Å². The molecule has 1 fully saturated rings. The van der Waals surface area contributed by atoms with Crippen molar-refractivity contribution in [3.05, 3.63) is 30.0 Å². The van der Waals surface area contributed by atoms with E-state index in [1.165, 1.54) is 0 Å². The summed E-state index contributed by atoms with van der Waals surface area (Å²) in [6.07, 6.45) is 1.38.